The number of carbonyl (C=O) groups excluding carboxylic acids is 1. The largest absolute Gasteiger partial charge is 0.417 e. The summed E-state index contributed by atoms with van der Waals surface area (Å²) in [7, 11) is 0. The molecule has 0 spiro atoms. The number of benzene rings is 2. The van der Waals surface area contributed by atoms with Gasteiger partial charge in [-0.15, -0.1) is 4.98 Å². The van der Waals surface area contributed by atoms with Crippen LogP contribution in [0.25, 0.3) is 16.1 Å². The number of nitrogens with zero attached hydrogens (tertiary/aromatic N) is 2. The average Bonchev–Trinajstić information content (AvgIpc) is 2.64. The summed E-state index contributed by atoms with van der Waals surface area (Å²) in [5, 5.41) is 2.74. The molecule has 0 saturated carbocycles. The lowest BCUT2D eigenvalue weighted by molar-refractivity contribution is 0.215. The van der Waals surface area contributed by atoms with Crippen LogP contribution in [0.15, 0.2) is 60.7 Å². The van der Waals surface area contributed by atoms with Gasteiger partial charge in [0.05, 0.1) is 5.69 Å². The second kappa shape index (κ2) is 7.49. The molecule has 1 amide bonds. The molecule has 1 aromatic heterocycles. The van der Waals surface area contributed by atoms with Crippen LogP contribution in [0.1, 0.15) is 11.1 Å². The van der Waals surface area contributed by atoms with Crippen molar-refractivity contribution in [2.24, 2.45) is 0 Å². The number of pyridine rings is 1. The first-order valence-electron chi connectivity index (χ1n) is 8.07. The van der Waals surface area contributed by atoms with Crippen molar-refractivity contribution in [3.63, 3.8) is 0 Å². The second-order valence-electron chi connectivity index (χ2n) is 5.83. The van der Waals surface area contributed by atoms with Crippen molar-refractivity contribution in [3.05, 3.63) is 83.2 Å². The fraction of sp³-hybridized carbons (Fsp3) is 0.0952. The average molecular weight is 343 g/mol. The van der Waals surface area contributed by atoms with Crippen LogP contribution in [0.2, 0.25) is 0 Å². The van der Waals surface area contributed by atoms with Crippen molar-refractivity contribution in [1.29, 1.82) is 0 Å². The number of hydrogen-bond donors (Lipinski definition) is 1. The Balaban J connectivity index is 1.91. The molecule has 5 heteroatoms. The molecule has 0 atom stereocenters. The van der Waals surface area contributed by atoms with Crippen LogP contribution >= 0.6 is 0 Å². The molecule has 0 unspecified atom stereocenters. The smallest absolute Gasteiger partial charge is 0.410 e. The lowest BCUT2D eigenvalue weighted by Gasteiger charge is -2.11. The maximum atomic E-state index is 12.3. The van der Waals surface area contributed by atoms with Gasteiger partial charge in [0.1, 0.15) is 5.75 Å². The number of carbonyl (C=O) groups is 1. The van der Waals surface area contributed by atoms with Gasteiger partial charge in [0.2, 0.25) is 0 Å². The highest BCUT2D eigenvalue weighted by molar-refractivity contribution is 5.92. The number of aromatic nitrogens is 1. The topological polar surface area (TPSA) is 55.6 Å². The van der Waals surface area contributed by atoms with Gasteiger partial charge in [-0.05, 0) is 37.6 Å². The lowest BCUT2D eigenvalue weighted by Crippen LogP contribution is -2.17. The first kappa shape index (κ1) is 17.2. The van der Waals surface area contributed by atoms with E-state index in [-0.39, 0.29) is 0 Å². The SMILES string of the molecule is [C-]#[N+]c1nc(-c2ccccc2)c(NC(=O)Oc2ccc(C)cc2)cc1C. The van der Waals surface area contributed by atoms with Crippen LogP contribution in [0.4, 0.5) is 16.3 Å². The predicted octanol–water partition coefficient (Wildman–Crippen LogP) is 5.53. The molecule has 0 fully saturated rings. The van der Waals surface area contributed by atoms with Crippen molar-refractivity contribution in [3.8, 4) is 17.0 Å². The van der Waals surface area contributed by atoms with Gasteiger partial charge in [0.15, 0.2) is 5.69 Å². The van der Waals surface area contributed by atoms with Crippen LogP contribution in [0.5, 0.6) is 5.75 Å². The first-order chi connectivity index (χ1) is 12.6. The van der Waals surface area contributed by atoms with Crippen molar-refractivity contribution < 1.29 is 9.53 Å². The zero-order chi connectivity index (χ0) is 18.5. The van der Waals surface area contributed by atoms with E-state index in [1.54, 1.807) is 25.1 Å². The molecular weight excluding hydrogens is 326 g/mol. The molecule has 0 aliphatic carbocycles. The third-order valence-electron chi connectivity index (χ3n) is 3.81. The highest BCUT2D eigenvalue weighted by Crippen LogP contribution is 2.31. The summed E-state index contributed by atoms with van der Waals surface area (Å²) in [5.41, 5.74) is 3.60. The molecule has 128 valence electrons. The summed E-state index contributed by atoms with van der Waals surface area (Å²) in [5.74, 6) is 0.762. The minimum Gasteiger partial charge on any atom is -0.410 e. The van der Waals surface area contributed by atoms with E-state index in [1.165, 1.54) is 0 Å². The molecule has 1 heterocycles. The maximum Gasteiger partial charge on any atom is 0.417 e. The van der Waals surface area contributed by atoms with Crippen molar-refractivity contribution in [2.75, 3.05) is 5.32 Å². The van der Waals surface area contributed by atoms with E-state index >= 15 is 0 Å². The predicted molar refractivity (Wildman–Crippen MR) is 101 cm³/mol. The fourth-order valence-corrected chi connectivity index (χ4v) is 2.48. The zero-order valence-corrected chi connectivity index (χ0v) is 14.5. The quantitative estimate of drug-likeness (QED) is 0.636. The number of nitrogens with one attached hydrogen (secondary N) is 1. The first-order valence-corrected chi connectivity index (χ1v) is 8.07. The number of amides is 1. The van der Waals surface area contributed by atoms with Gasteiger partial charge in [-0.1, -0.05) is 54.6 Å². The van der Waals surface area contributed by atoms with Crippen LogP contribution in [0.3, 0.4) is 0 Å². The fourth-order valence-electron chi connectivity index (χ4n) is 2.48. The van der Waals surface area contributed by atoms with E-state index in [0.29, 0.717) is 28.5 Å². The monoisotopic (exact) mass is 343 g/mol. The van der Waals surface area contributed by atoms with Gasteiger partial charge in [0.25, 0.3) is 5.82 Å². The highest BCUT2D eigenvalue weighted by Gasteiger charge is 2.17. The van der Waals surface area contributed by atoms with E-state index in [4.69, 9.17) is 11.3 Å². The number of rotatable bonds is 3. The van der Waals surface area contributed by atoms with Crippen LogP contribution in [-0.2, 0) is 0 Å². The summed E-state index contributed by atoms with van der Waals surface area (Å²) >= 11 is 0. The molecule has 0 saturated heterocycles. The summed E-state index contributed by atoms with van der Waals surface area (Å²) in [6.07, 6.45) is -0.609. The molecule has 1 N–H and O–H groups in total. The van der Waals surface area contributed by atoms with Gasteiger partial charge in [0, 0.05) is 5.56 Å². The number of aryl methyl sites for hydroxylation is 2. The van der Waals surface area contributed by atoms with E-state index in [1.807, 2.05) is 49.4 Å². The van der Waals surface area contributed by atoms with Crippen LogP contribution in [0, 0.1) is 20.4 Å². The molecule has 5 nitrogen and oxygen atoms in total. The summed E-state index contributed by atoms with van der Waals surface area (Å²) in [6.45, 7) is 11.0. The van der Waals surface area contributed by atoms with E-state index in [9.17, 15) is 4.79 Å². The maximum absolute atomic E-state index is 12.3. The molecule has 0 bridgehead atoms. The Labute approximate surface area is 152 Å². The molecule has 3 rings (SSSR count). The Kier molecular flexibility index (Phi) is 4.95. The van der Waals surface area contributed by atoms with Gasteiger partial charge in [-0.3, -0.25) is 5.32 Å². The molecule has 0 radical (unpaired) electrons. The molecule has 0 aliphatic rings. The van der Waals surface area contributed by atoms with Gasteiger partial charge in [-0.2, -0.15) is 0 Å². The van der Waals surface area contributed by atoms with Gasteiger partial charge < -0.3 is 9.58 Å². The summed E-state index contributed by atoms with van der Waals surface area (Å²) in [4.78, 5) is 20.2. The summed E-state index contributed by atoms with van der Waals surface area (Å²) < 4.78 is 5.32. The number of anilines is 1. The lowest BCUT2D eigenvalue weighted by atomic mass is 10.1. The standard InChI is InChI=1S/C21H17N3O2/c1-14-9-11-17(12-10-14)26-21(25)23-18-13-15(2)20(22-3)24-19(18)16-7-5-4-6-8-16/h4-13H,1-2H3,(H,23,25). The third kappa shape index (κ3) is 3.87. The third-order valence-corrected chi connectivity index (χ3v) is 3.81. The number of hydrogen-bond acceptors (Lipinski definition) is 3. The Morgan fingerprint density at radius 1 is 1.08 bits per heavy atom. The minimum absolute atomic E-state index is 0.307. The Morgan fingerprint density at radius 2 is 1.77 bits per heavy atom. The van der Waals surface area contributed by atoms with Gasteiger partial charge in [-0.25, -0.2) is 4.79 Å². The second-order valence-corrected chi connectivity index (χ2v) is 5.83. The Hall–Kier alpha value is -3.65. The van der Waals surface area contributed by atoms with Gasteiger partial charge >= 0.3 is 6.09 Å². The van der Waals surface area contributed by atoms with E-state index in [0.717, 1.165) is 11.1 Å². The highest BCUT2D eigenvalue weighted by atomic mass is 16.6. The van der Waals surface area contributed by atoms with E-state index < -0.39 is 6.09 Å². The molecular formula is C21H17N3O2. The number of ether oxygens (including phenoxy) is 1. The van der Waals surface area contributed by atoms with E-state index in [2.05, 4.69) is 15.1 Å². The molecule has 0 aliphatic heterocycles. The molecule has 3 aromatic rings. The molecule has 26 heavy (non-hydrogen) atoms. The minimum atomic E-state index is -0.609. The zero-order valence-electron chi connectivity index (χ0n) is 14.5. The summed E-state index contributed by atoms with van der Waals surface area (Å²) in [6, 6.07) is 18.3. The Morgan fingerprint density at radius 3 is 2.42 bits per heavy atom. The van der Waals surface area contributed by atoms with Crippen molar-refractivity contribution >= 4 is 17.6 Å². The molecule has 2 aromatic carbocycles. The van der Waals surface area contributed by atoms with Crippen molar-refractivity contribution in [2.45, 2.75) is 13.8 Å². The Bertz CT molecular complexity index is 975. The van der Waals surface area contributed by atoms with Crippen molar-refractivity contribution in [1.82, 2.24) is 4.98 Å². The van der Waals surface area contributed by atoms with Crippen LogP contribution < -0.4 is 10.1 Å². The normalized spacial score (nSPS) is 10.0. The van der Waals surface area contributed by atoms with Crippen LogP contribution in [-0.4, -0.2) is 11.1 Å².